The van der Waals surface area contributed by atoms with Gasteiger partial charge in [-0.3, -0.25) is 0 Å². The second-order valence-electron chi connectivity index (χ2n) is 1.61. The second-order valence-corrected chi connectivity index (χ2v) is 1.61. The maximum Gasteiger partial charge on any atom is 0.562 e. The third-order valence-corrected chi connectivity index (χ3v) is 0.818. The second kappa shape index (κ2) is 2.33. The maximum absolute atomic E-state index is 11.7. The van der Waals surface area contributed by atoms with E-state index in [9.17, 15) is 18.0 Å². The molecule has 0 aromatic rings. The Morgan fingerprint density at radius 1 is 1.55 bits per heavy atom. The Morgan fingerprint density at radius 3 is 2.55 bits per heavy atom. The highest BCUT2D eigenvalue weighted by molar-refractivity contribution is 5.74. The van der Waals surface area contributed by atoms with Gasteiger partial charge in [-0.25, -0.2) is 0 Å². The van der Waals surface area contributed by atoms with E-state index in [4.69, 9.17) is 0 Å². The Labute approximate surface area is 58.8 Å². The zero-order valence-corrected chi connectivity index (χ0v) is 4.94. The fraction of sp³-hybridized carbons (Fsp3) is 0.250. The number of allylic oxidation sites excluding steroid dienone is 1. The minimum Gasteiger partial charge on any atom is -0.192 e. The van der Waals surface area contributed by atoms with Crippen molar-refractivity contribution in [1.29, 1.82) is 0 Å². The van der Waals surface area contributed by atoms with Gasteiger partial charge in [0.05, 0.1) is 0 Å². The minimum absolute atomic E-state index is 1.14. The molecule has 0 aliphatic carbocycles. The molecular weight excluding hydrogens is 163 g/mol. The monoisotopic (exact) mass is 164 g/mol. The van der Waals surface area contributed by atoms with Crippen molar-refractivity contribution in [2.24, 2.45) is 5.11 Å². The SMILES string of the molecule is O=C1[N+]=N[C]=C(C(F)(F)F)N1. The topological polar surface area (TPSA) is 55.6 Å². The predicted octanol–water partition coefficient (Wildman–Crippen LogP) is 0.704. The van der Waals surface area contributed by atoms with E-state index in [2.05, 4.69) is 10.2 Å². The third kappa shape index (κ3) is 1.76. The molecule has 0 saturated carbocycles. The van der Waals surface area contributed by atoms with Gasteiger partial charge in [0.2, 0.25) is 5.70 Å². The number of halogens is 3. The van der Waals surface area contributed by atoms with E-state index in [-0.39, 0.29) is 0 Å². The van der Waals surface area contributed by atoms with Crippen LogP contribution in [-0.2, 0) is 0 Å². The number of nitrogens with zero attached hydrogens (tertiary/aromatic N) is 2. The van der Waals surface area contributed by atoms with Crippen LogP contribution in [0.25, 0.3) is 0 Å². The summed E-state index contributed by atoms with van der Waals surface area (Å²) in [5.74, 6) is 0. The van der Waals surface area contributed by atoms with Crippen molar-refractivity contribution in [2.75, 3.05) is 0 Å². The molecule has 1 N–H and O–H groups in total. The molecule has 1 aliphatic heterocycles. The van der Waals surface area contributed by atoms with Crippen molar-refractivity contribution in [3.05, 3.63) is 11.9 Å². The molecule has 0 unspecified atom stereocenters. The molecule has 11 heavy (non-hydrogen) atoms. The molecule has 4 nitrogen and oxygen atoms in total. The summed E-state index contributed by atoms with van der Waals surface area (Å²) < 4.78 is 35.1. The van der Waals surface area contributed by atoms with E-state index in [1.165, 1.54) is 11.5 Å². The van der Waals surface area contributed by atoms with Crippen LogP contribution in [0.4, 0.5) is 18.0 Å². The summed E-state index contributed by atoms with van der Waals surface area (Å²) in [6.07, 6.45) is -3.12. The van der Waals surface area contributed by atoms with Crippen molar-refractivity contribution < 1.29 is 18.0 Å². The van der Waals surface area contributed by atoms with Gasteiger partial charge in [0.1, 0.15) is 5.11 Å². The first-order valence-corrected chi connectivity index (χ1v) is 2.42. The average Bonchev–Trinajstić information content (AvgIpc) is 1.86. The molecule has 1 heterocycles. The zero-order chi connectivity index (χ0) is 8.48. The standard InChI is InChI=1S/C4HF3N3O/c5-4(6,7)2-1-8-10-3(11)9-2/h(H,9,11)/q+1. The summed E-state index contributed by atoms with van der Waals surface area (Å²) in [7, 11) is 0. The van der Waals surface area contributed by atoms with Crippen molar-refractivity contribution in [3.8, 4) is 0 Å². The molecule has 58 valence electrons. The minimum atomic E-state index is -4.63. The van der Waals surface area contributed by atoms with E-state index in [1.807, 2.05) is 0 Å². The first-order chi connectivity index (χ1) is 5.00. The Kier molecular flexibility index (Phi) is 1.63. The number of alkyl halides is 3. The first kappa shape index (κ1) is 7.70. The lowest BCUT2D eigenvalue weighted by Crippen LogP contribution is -2.34. The summed E-state index contributed by atoms with van der Waals surface area (Å²) in [6.45, 7) is 0. The Hall–Kier alpha value is -1.40. The summed E-state index contributed by atoms with van der Waals surface area (Å²) in [4.78, 5) is 10.2. The van der Waals surface area contributed by atoms with Crippen molar-refractivity contribution in [2.45, 2.75) is 6.18 Å². The molecule has 1 aliphatic rings. The van der Waals surface area contributed by atoms with Gasteiger partial charge in [-0.15, -0.1) is 0 Å². The number of nitrogens with one attached hydrogen (secondary N) is 1. The lowest BCUT2D eigenvalue weighted by Gasteiger charge is -2.03. The molecule has 0 saturated heterocycles. The largest absolute Gasteiger partial charge is 0.562 e. The highest BCUT2D eigenvalue weighted by Crippen LogP contribution is 2.23. The van der Waals surface area contributed by atoms with E-state index in [0.29, 0.717) is 0 Å². The number of hydrogen-bond donors (Lipinski definition) is 1. The van der Waals surface area contributed by atoms with Crippen LogP contribution in [-0.4, -0.2) is 12.2 Å². The number of carbonyl (C=O) groups is 1. The van der Waals surface area contributed by atoms with Crippen LogP contribution in [0.3, 0.4) is 0 Å². The summed E-state index contributed by atoms with van der Waals surface area (Å²) in [6, 6.07) is -1.14. The lowest BCUT2D eigenvalue weighted by molar-refractivity contribution is -0.0965. The Morgan fingerprint density at radius 2 is 2.18 bits per heavy atom. The van der Waals surface area contributed by atoms with Gasteiger partial charge >= 0.3 is 12.2 Å². The Balaban J connectivity index is 2.83. The predicted molar refractivity (Wildman–Crippen MR) is 25.9 cm³/mol. The molecule has 2 radical (unpaired) electrons. The molecule has 0 aromatic carbocycles. The van der Waals surface area contributed by atoms with Gasteiger partial charge in [0.15, 0.2) is 6.20 Å². The van der Waals surface area contributed by atoms with E-state index in [0.717, 1.165) is 0 Å². The molecule has 0 bridgehead atoms. The van der Waals surface area contributed by atoms with Gasteiger partial charge < -0.3 is 0 Å². The van der Waals surface area contributed by atoms with Gasteiger partial charge in [-0.2, -0.15) is 23.3 Å². The van der Waals surface area contributed by atoms with Gasteiger partial charge in [0.25, 0.3) is 0 Å². The van der Waals surface area contributed by atoms with Crippen molar-refractivity contribution in [1.82, 2.24) is 10.4 Å². The molecule has 0 atom stereocenters. The number of azo groups is 1. The molecule has 1 rings (SSSR count). The number of urea groups is 1. The molecule has 0 fully saturated rings. The van der Waals surface area contributed by atoms with Crippen LogP contribution in [0.2, 0.25) is 0 Å². The molecule has 7 heteroatoms. The molecule has 2 amide bonds. The summed E-state index contributed by atoms with van der Waals surface area (Å²) >= 11 is 0. The Bertz CT molecular complexity index is 241. The normalized spacial score (nSPS) is 17.7. The lowest BCUT2D eigenvalue weighted by atomic mass is 10.4. The first-order valence-electron chi connectivity index (χ1n) is 2.42. The van der Waals surface area contributed by atoms with Crippen molar-refractivity contribution in [3.63, 3.8) is 0 Å². The molecule has 0 spiro atoms. The summed E-state index contributed by atoms with van der Waals surface area (Å²) in [5.41, 5.74) is -1.32. The van der Waals surface area contributed by atoms with Crippen LogP contribution in [0.5, 0.6) is 0 Å². The quantitative estimate of drug-likeness (QED) is 0.563. The fourth-order valence-electron chi connectivity index (χ4n) is 0.415. The zero-order valence-electron chi connectivity index (χ0n) is 4.94. The van der Waals surface area contributed by atoms with Crippen LogP contribution in [0.15, 0.2) is 10.8 Å². The highest BCUT2D eigenvalue weighted by atomic mass is 19.4. The smallest absolute Gasteiger partial charge is 0.192 e. The van der Waals surface area contributed by atoms with E-state index in [1.54, 1.807) is 0 Å². The molecular formula is C4HF3N3O+. The molecule has 0 aromatic heterocycles. The van der Waals surface area contributed by atoms with E-state index >= 15 is 0 Å². The fourth-order valence-corrected chi connectivity index (χ4v) is 0.415. The number of hydrogen-bond acceptors (Lipinski definition) is 2. The number of amides is 2. The van der Waals surface area contributed by atoms with Gasteiger partial charge in [0, 0.05) is 0 Å². The van der Waals surface area contributed by atoms with Crippen LogP contribution in [0.1, 0.15) is 0 Å². The maximum atomic E-state index is 11.7. The third-order valence-electron chi connectivity index (χ3n) is 0.818. The van der Waals surface area contributed by atoms with Crippen LogP contribution < -0.4 is 10.4 Å². The van der Waals surface area contributed by atoms with Gasteiger partial charge in [-0.05, 0) is 5.11 Å². The van der Waals surface area contributed by atoms with Crippen LogP contribution in [0, 0.1) is 6.20 Å². The van der Waals surface area contributed by atoms with Crippen LogP contribution >= 0.6 is 0 Å². The number of rotatable bonds is 0. The van der Waals surface area contributed by atoms with Gasteiger partial charge in [-0.1, -0.05) is 0 Å². The van der Waals surface area contributed by atoms with E-state index < -0.39 is 17.9 Å². The van der Waals surface area contributed by atoms with Crippen molar-refractivity contribution >= 4 is 6.03 Å². The summed E-state index contributed by atoms with van der Waals surface area (Å²) in [5, 5.41) is 6.89. The highest BCUT2D eigenvalue weighted by Gasteiger charge is 2.42. The average molecular weight is 164 g/mol. The number of carbonyl (C=O) groups excluding carboxylic acids is 1.